The van der Waals surface area contributed by atoms with E-state index in [9.17, 15) is 9.59 Å². The van der Waals surface area contributed by atoms with Crippen LogP contribution in [0.15, 0.2) is 72.4 Å². The van der Waals surface area contributed by atoms with E-state index in [0.717, 1.165) is 33.2 Å². The maximum absolute atomic E-state index is 13.6. The molecule has 5 rings (SSSR count). The minimum atomic E-state index is -0.524. The van der Waals surface area contributed by atoms with E-state index in [0.29, 0.717) is 22.3 Å². The van der Waals surface area contributed by atoms with Crippen LogP contribution in [0.5, 0.6) is 0 Å². The van der Waals surface area contributed by atoms with Crippen LogP contribution in [0, 0.1) is 13.8 Å². The van der Waals surface area contributed by atoms with Gasteiger partial charge in [0, 0.05) is 39.3 Å². The first-order chi connectivity index (χ1) is 17.2. The lowest BCUT2D eigenvalue weighted by atomic mass is 10.0. The van der Waals surface area contributed by atoms with Gasteiger partial charge < -0.3 is 4.57 Å². The molecule has 0 radical (unpaired) electrons. The van der Waals surface area contributed by atoms with Crippen molar-refractivity contribution in [2.45, 2.75) is 20.4 Å². The number of carbonyl (C=O) groups is 2. The number of amides is 2. The quantitative estimate of drug-likeness (QED) is 0.186. The minimum Gasteiger partial charge on any atom is -0.342 e. The molecule has 1 aromatic heterocycles. The van der Waals surface area contributed by atoms with Gasteiger partial charge >= 0.3 is 0 Å². The van der Waals surface area contributed by atoms with E-state index in [4.69, 9.17) is 35.4 Å². The molecule has 1 aliphatic rings. The smallest absolute Gasteiger partial charge is 0.270 e. The lowest BCUT2D eigenvalue weighted by Gasteiger charge is -2.30. The molecule has 0 aliphatic carbocycles. The van der Waals surface area contributed by atoms with Gasteiger partial charge in [-0.25, -0.2) is 0 Å². The molecule has 0 spiro atoms. The lowest BCUT2D eigenvalue weighted by Crippen LogP contribution is -2.54. The van der Waals surface area contributed by atoms with E-state index >= 15 is 0 Å². The second-order valence-corrected chi connectivity index (χ2v) is 9.94. The zero-order chi connectivity index (χ0) is 25.6. The second kappa shape index (κ2) is 9.54. The monoisotopic (exact) mass is 533 g/mol. The van der Waals surface area contributed by atoms with Crippen LogP contribution < -0.4 is 10.2 Å². The maximum Gasteiger partial charge on any atom is 0.270 e. The summed E-state index contributed by atoms with van der Waals surface area (Å²) in [5, 5.41) is 4.78. The molecule has 4 aromatic rings. The summed E-state index contributed by atoms with van der Waals surface area (Å²) < 4.78 is 2.04. The summed E-state index contributed by atoms with van der Waals surface area (Å²) in [6, 6.07) is 19.0. The average molecular weight is 534 g/mol. The minimum absolute atomic E-state index is 0.0111. The van der Waals surface area contributed by atoms with Gasteiger partial charge in [0.1, 0.15) is 5.57 Å². The summed E-state index contributed by atoms with van der Waals surface area (Å²) in [7, 11) is 0. The molecule has 1 aliphatic heterocycles. The fourth-order valence-electron chi connectivity index (χ4n) is 4.35. The fraction of sp³-hybridized carbons (Fsp3) is 0.107. The maximum atomic E-state index is 13.6. The molecule has 1 fully saturated rings. The number of aromatic nitrogens is 1. The molecule has 0 unspecified atom stereocenters. The highest BCUT2D eigenvalue weighted by Gasteiger charge is 2.35. The zero-order valence-electron chi connectivity index (χ0n) is 19.5. The molecule has 1 saturated heterocycles. The van der Waals surface area contributed by atoms with Gasteiger partial charge in [-0.05, 0) is 73.1 Å². The fourth-order valence-corrected chi connectivity index (χ4v) is 5.09. The van der Waals surface area contributed by atoms with Gasteiger partial charge in [0.05, 0.1) is 5.69 Å². The van der Waals surface area contributed by atoms with Crippen molar-refractivity contribution < 1.29 is 9.59 Å². The Morgan fingerprint density at radius 2 is 1.78 bits per heavy atom. The van der Waals surface area contributed by atoms with E-state index in [1.165, 1.54) is 4.90 Å². The number of anilines is 1. The first-order valence-electron chi connectivity index (χ1n) is 11.2. The van der Waals surface area contributed by atoms with Gasteiger partial charge in [-0.3, -0.25) is 19.8 Å². The molecule has 3 aromatic carbocycles. The first kappa shape index (κ1) is 24.3. The van der Waals surface area contributed by atoms with Gasteiger partial charge in [0.25, 0.3) is 11.8 Å². The summed E-state index contributed by atoms with van der Waals surface area (Å²) in [6.07, 6.45) is 3.54. The van der Waals surface area contributed by atoms with Gasteiger partial charge in [0.2, 0.25) is 0 Å². The number of nitrogens with one attached hydrogen (secondary N) is 1. The third-order valence-corrected chi connectivity index (χ3v) is 7.05. The van der Waals surface area contributed by atoms with Gasteiger partial charge in [-0.1, -0.05) is 59.6 Å². The number of aryl methyl sites for hydroxylation is 2. The summed E-state index contributed by atoms with van der Waals surface area (Å²) >= 11 is 17.9. The molecule has 1 N–H and O–H groups in total. The highest BCUT2D eigenvalue weighted by molar-refractivity contribution is 7.80. The van der Waals surface area contributed by atoms with E-state index in [1.807, 2.05) is 73.1 Å². The van der Waals surface area contributed by atoms with Crippen LogP contribution >= 0.6 is 35.4 Å². The number of hydrogen-bond donors (Lipinski definition) is 1. The molecule has 5 nitrogen and oxygen atoms in total. The van der Waals surface area contributed by atoms with Crippen molar-refractivity contribution >= 4 is 75.0 Å². The van der Waals surface area contributed by atoms with Crippen LogP contribution in [0.2, 0.25) is 10.0 Å². The van der Waals surface area contributed by atoms with E-state index < -0.39 is 11.8 Å². The molecule has 2 amide bonds. The normalized spacial score (nSPS) is 15.2. The predicted molar refractivity (Wildman–Crippen MR) is 150 cm³/mol. The zero-order valence-corrected chi connectivity index (χ0v) is 21.8. The Labute approximate surface area is 223 Å². The molecule has 0 saturated carbocycles. The van der Waals surface area contributed by atoms with Crippen LogP contribution in [0.25, 0.3) is 17.0 Å². The third kappa shape index (κ3) is 4.44. The summed E-state index contributed by atoms with van der Waals surface area (Å²) in [5.41, 5.74) is 5.11. The summed E-state index contributed by atoms with van der Waals surface area (Å²) in [4.78, 5) is 27.9. The van der Waals surface area contributed by atoms with Crippen molar-refractivity contribution in [2.24, 2.45) is 0 Å². The molecular formula is C28H21Cl2N3O2S. The SMILES string of the molecule is Cc1ccc(C)c(N2C(=O)/C(=C/c3cn(Cc4ccc(Cl)cc4Cl)c4ccccc34)C(=O)NC2=S)c1. The highest BCUT2D eigenvalue weighted by Crippen LogP contribution is 2.30. The molecule has 36 heavy (non-hydrogen) atoms. The van der Waals surface area contributed by atoms with Crippen molar-refractivity contribution in [3.63, 3.8) is 0 Å². The summed E-state index contributed by atoms with van der Waals surface area (Å²) in [5.74, 6) is -0.987. The predicted octanol–water partition coefficient (Wildman–Crippen LogP) is 6.44. The second-order valence-electron chi connectivity index (χ2n) is 8.71. The Balaban J connectivity index is 1.59. The van der Waals surface area contributed by atoms with Gasteiger partial charge in [-0.2, -0.15) is 0 Å². The van der Waals surface area contributed by atoms with Crippen LogP contribution in [0.1, 0.15) is 22.3 Å². The van der Waals surface area contributed by atoms with E-state index in [1.54, 1.807) is 18.2 Å². The highest BCUT2D eigenvalue weighted by atomic mass is 35.5. The van der Waals surface area contributed by atoms with Crippen molar-refractivity contribution in [3.8, 4) is 0 Å². The molecule has 0 atom stereocenters. The van der Waals surface area contributed by atoms with Crippen LogP contribution in [-0.2, 0) is 16.1 Å². The molecule has 8 heteroatoms. The topological polar surface area (TPSA) is 54.3 Å². The molecule has 2 heterocycles. The first-order valence-corrected chi connectivity index (χ1v) is 12.4. The number of rotatable bonds is 4. The Morgan fingerprint density at radius 3 is 2.56 bits per heavy atom. The Hall–Kier alpha value is -3.45. The largest absolute Gasteiger partial charge is 0.342 e. The van der Waals surface area contributed by atoms with E-state index in [-0.39, 0.29) is 10.7 Å². The third-order valence-electron chi connectivity index (χ3n) is 6.18. The summed E-state index contributed by atoms with van der Waals surface area (Å²) in [6.45, 7) is 4.34. The molecule has 180 valence electrons. The Morgan fingerprint density at radius 1 is 1.00 bits per heavy atom. The van der Waals surface area contributed by atoms with Crippen molar-refractivity contribution in [1.82, 2.24) is 9.88 Å². The number of para-hydroxylation sites is 1. The van der Waals surface area contributed by atoms with Crippen molar-refractivity contribution in [2.75, 3.05) is 4.90 Å². The van der Waals surface area contributed by atoms with Crippen molar-refractivity contribution in [3.05, 3.63) is 105 Å². The number of benzene rings is 3. The number of fused-ring (bicyclic) bond motifs is 1. The van der Waals surface area contributed by atoms with E-state index in [2.05, 4.69) is 5.32 Å². The Bertz CT molecular complexity index is 1610. The van der Waals surface area contributed by atoms with Crippen LogP contribution in [0.4, 0.5) is 5.69 Å². The molecular weight excluding hydrogens is 513 g/mol. The van der Waals surface area contributed by atoms with Gasteiger partial charge in [0.15, 0.2) is 5.11 Å². The van der Waals surface area contributed by atoms with Crippen LogP contribution in [-0.4, -0.2) is 21.5 Å². The Kier molecular flexibility index (Phi) is 6.43. The standard InChI is InChI=1S/C28H21Cl2N3O2S/c1-16-7-8-17(2)25(11-16)33-27(35)22(26(34)31-28(33)36)12-19-15-32(24-6-4-3-5-21(19)24)14-18-9-10-20(29)13-23(18)30/h3-13,15H,14H2,1-2H3,(H,31,34,36)/b22-12+. The number of nitrogens with zero attached hydrogens (tertiary/aromatic N) is 2. The number of hydrogen-bond acceptors (Lipinski definition) is 3. The van der Waals surface area contributed by atoms with Crippen LogP contribution in [0.3, 0.4) is 0 Å². The van der Waals surface area contributed by atoms with Crippen molar-refractivity contribution in [1.29, 1.82) is 0 Å². The average Bonchev–Trinajstić information content (AvgIpc) is 3.18. The lowest BCUT2D eigenvalue weighted by molar-refractivity contribution is -0.122. The number of carbonyl (C=O) groups excluding carboxylic acids is 2. The number of halogens is 2. The number of thiocarbonyl (C=S) groups is 1. The van der Waals surface area contributed by atoms with Gasteiger partial charge in [-0.15, -0.1) is 0 Å². The molecule has 0 bridgehead atoms.